The van der Waals surface area contributed by atoms with Crippen LogP contribution in [0.4, 0.5) is 5.69 Å². The number of aromatic carboxylic acids is 1. The second-order valence-corrected chi connectivity index (χ2v) is 8.47. The molecule has 0 amide bonds. The van der Waals surface area contributed by atoms with Gasteiger partial charge in [0.25, 0.3) is 0 Å². The van der Waals surface area contributed by atoms with E-state index in [2.05, 4.69) is 17.2 Å². The monoisotopic (exact) mass is 484 g/mol. The zero-order chi connectivity index (χ0) is 25.3. The van der Waals surface area contributed by atoms with E-state index in [4.69, 9.17) is 17.3 Å². The highest BCUT2D eigenvalue weighted by molar-refractivity contribution is 6.33. The zero-order valence-corrected chi connectivity index (χ0v) is 19.7. The Morgan fingerprint density at radius 3 is 2.46 bits per heavy atom. The van der Waals surface area contributed by atoms with Crippen LogP contribution in [-0.2, 0) is 0 Å². The Morgan fingerprint density at radius 2 is 1.86 bits per heavy atom. The molecule has 4 rings (SSSR count). The molecule has 0 saturated carbocycles. The SMILES string of the molecule is Cc1cc(/C=C(/C#N)C2=NN(c3ccccc3)[C@H](N)[C@H]2C#N)c(C)n1-c1ccc(C(=O)O)c(Cl)c1. The molecule has 1 aliphatic rings. The van der Waals surface area contributed by atoms with E-state index in [-0.39, 0.29) is 16.2 Å². The number of nitriles is 2. The number of carboxylic acid groups (broad SMARTS) is 1. The first-order valence-electron chi connectivity index (χ1n) is 10.7. The predicted molar refractivity (Wildman–Crippen MR) is 134 cm³/mol. The summed E-state index contributed by atoms with van der Waals surface area (Å²) in [6.45, 7) is 3.78. The summed E-state index contributed by atoms with van der Waals surface area (Å²) in [6.07, 6.45) is 0.965. The van der Waals surface area contributed by atoms with Crippen molar-refractivity contribution in [3.05, 3.63) is 87.7 Å². The number of para-hydroxylation sites is 1. The number of rotatable bonds is 5. The Morgan fingerprint density at radius 1 is 1.14 bits per heavy atom. The van der Waals surface area contributed by atoms with Gasteiger partial charge >= 0.3 is 5.97 Å². The Kier molecular flexibility index (Phi) is 6.44. The maximum atomic E-state index is 11.3. The summed E-state index contributed by atoms with van der Waals surface area (Å²) in [5, 5.41) is 35.2. The van der Waals surface area contributed by atoms with E-state index < -0.39 is 18.1 Å². The summed E-state index contributed by atoms with van der Waals surface area (Å²) < 4.78 is 1.92. The van der Waals surface area contributed by atoms with Crippen LogP contribution in [0.15, 0.2) is 65.3 Å². The van der Waals surface area contributed by atoms with Crippen LogP contribution < -0.4 is 10.7 Å². The van der Waals surface area contributed by atoms with Gasteiger partial charge < -0.3 is 15.4 Å². The molecule has 0 spiro atoms. The van der Waals surface area contributed by atoms with Crippen molar-refractivity contribution in [1.29, 1.82) is 10.5 Å². The van der Waals surface area contributed by atoms with Gasteiger partial charge in [0.15, 0.2) is 0 Å². The Labute approximate surface area is 207 Å². The van der Waals surface area contributed by atoms with E-state index in [0.29, 0.717) is 11.4 Å². The van der Waals surface area contributed by atoms with Crippen LogP contribution in [0.5, 0.6) is 0 Å². The Balaban J connectivity index is 1.76. The highest BCUT2D eigenvalue weighted by atomic mass is 35.5. The van der Waals surface area contributed by atoms with Gasteiger partial charge in [-0.15, -0.1) is 0 Å². The van der Waals surface area contributed by atoms with Gasteiger partial charge in [-0.1, -0.05) is 29.8 Å². The summed E-state index contributed by atoms with van der Waals surface area (Å²) in [4.78, 5) is 11.3. The van der Waals surface area contributed by atoms with Crippen molar-refractivity contribution in [2.24, 2.45) is 16.8 Å². The highest BCUT2D eigenvalue weighted by Gasteiger charge is 2.37. The largest absolute Gasteiger partial charge is 0.478 e. The fraction of sp³-hybridized carbons (Fsp3) is 0.154. The topological polar surface area (TPSA) is 131 Å². The molecule has 0 radical (unpaired) electrons. The highest BCUT2D eigenvalue weighted by Crippen LogP contribution is 2.30. The number of anilines is 1. The number of hydrogen-bond acceptors (Lipinski definition) is 6. The van der Waals surface area contributed by atoms with Crippen molar-refractivity contribution < 1.29 is 9.90 Å². The number of nitrogens with two attached hydrogens (primary N) is 1. The summed E-state index contributed by atoms with van der Waals surface area (Å²) in [5.74, 6) is -1.89. The van der Waals surface area contributed by atoms with Crippen molar-refractivity contribution in [2.45, 2.75) is 20.0 Å². The number of nitrogens with zero attached hydrogens (tertiary/aromatic N) is 5. The number of hydrogen-bond donors (Lipinski definition) is 2. The average Bonchev–Trinajstić information content (AvgIpc) is 3.32. The molecule has 3 N–H and O–H groups in total. The third-order valence-electron chi connectivity index (χ3n) is 5.90. The number of carbonyl (C=O) groups is 1. The van der Waals surface area contributed by atoms with Crippen molar-refractivity contribution >= 4 is 35.0 Å². The molecule has 0 aliphatic carbocycles. The van der Waals surface area contributed by atoms with E-state index in [1.54, 1.807) is 23.2 Å². The number of hydrazone groups is 1. The van der Waals surface area contributed by atoms with Crippen LogP contribution in [-0.4, -0.2) is 27.5 Å². The molecule has 8 nitrogen and oxygen atoms in total. The minimum absolute atomic E-state index is 0.0193. The summed E-state index contributed by atoms with van der Waals surface area (Å²) in [7, 11) is 0. The molecule has 1 aromatic heterocycles. The van der Waals surface area contributed by atoms with Crippen molar-refractivity contribution in [3.8, 4) is 17.8 Å². The minimum atomic E-state index is -1.10. The first-order chi connectivity index (χ1) is 16.8. The van der Waals surface area contributed by atoms with Gasteiger partial charge in [-0.25, -0.2) is 9.80 Å². The van der Waals surface area contributed by atoms with Crippen LogP contribution in [0.25, 0.3) is 11.8 Å². The molecule has 174 valence electrons. The van der Waals surface area contributed by atoms with Gasteiger partial charge in [0.05, 0.1) is 33.6 Å². The Bertz CT molecular complexity index is 1460. The van der Waals surface area contributed by atoms with Crippen molar-refractivity contribution in [3.63, 3.8) is 0 Å². The van der Waals surface area contributed by atoms with Gasteiger partial charge in [-0.05, 0) is 61.9 Å². The fourth-order valence-corrected chi connectivity index (χ4v) is 4.44. The maximum Gasteiger partial charge on any atom is 0.337 e. The molecule has 2 heterocycles. The standard InChI is InChI=1S/C26H21ClN6O2/c1-15-10-17(16(2)32(15)20-8-9-21(26(34)35)23(27)12-20)11-18(13-28)24-22(14-29)25(30)33(31-24)19-6-4-3-5-7-19/h3-12,22,25H,30H2,1-2H3,(H,34,35)/b18-11-/t22-,25-/m0/s1. The van der Waals surface area contributed by atoms with E-state index in [9.17, 15) is 20.4 Å². The second kappa shape index (κ2) is 9.47. The fourth-order valence-electron chi connectivity index (χ4n) is 4.18. The average molecular weight is 485 g/mol. The number of benzene rings is 2. The van der Waals surface area contributed by atoms with Crippen molar-refractivity contribution in [2.75, 3.05) is 5.01 Å². The third kappa shape index (κ3) is 4.29. The molecule has 35 heavy (non-hydrogen) atoms. The zero-order valence-electron chi connectivity index (χ0n) is 19.0. The first kappa shape index (κ1) is 23.8. The summed E-state index contributed by atoms with van der Waals surface area (Å²) >= 11 is 6.18. The second-order valence-electron chi connectivity index (χ2n) is 8.06. The molecule has 9 heteroatoms. The van der Waals surface area contributed by atoms with Crippen LogP contribution in [0.3, 0.4) is 0 Å². The number of aryl methyl sites for hydroxylation is 1. The smallest absolute Gasteiger partial charge is 0.337 e. The van der Waals surface area contributed by atoms with E-state index >= 15 is 0 Å². The quantitative estimate of drug-likeness (QED) is 0.506. The van der Waals surface area contributed by atoms with E-state index in [0.717, 1.165) is 22.6 Å². The summed E-state index contributed by atoms with van der Waals surface area (Å²) in [5.41, 5.74) is 10.7. The molecule has 0 fully saturated rings. The molecule has 2 aromatic carbocycles. The number of carboxylic acids is 1. The Hall–Kier alpha value is -4.37. The van der Waals surface area contributed by atoms with Crippen LogP contribution in [0.2, 0.25) is 5.02 Å². The lowest BCUT2D eigenvalue weighted by atomic mass is 9.95. The third-order valence-corrected chi connectivity index (χ3v) is 6.21. The summed E-state index contributed by atoms with van der Waals surface area (Å²) in [6, 6.07) is 20.2. The molecule has 1 aliphatic heterocycles. The van der Waals surface area contributed by atoms with Gasteiger partial charge in [-0.2, -0.15) is 15.6 Å². The molecular formula is C26H21ClN6O2. The lowest BCUT2D eigenvalue weighted by molar-refractivity contribution is 0.0697. The molecule has 3 aromatic rings. The van der Waals surface area contributed by atoms with Crippen molar-refractivity contribution in [1.82, 2.24) is 4.57 Å². The molecule has 0 saturated heterocycles. The van der Waals surface area contributed by atoms with E-state index in [1.165, 1.54) is 6.07 Å². The first-order valence-corrected chi connectivity index (χ1v) is 11.1. The van der Waals surface area contributed by atoms with Gasteiger partial charge in [0.2, 0.25) is 0 Å². The lowest BCUT2D eigenvalue weighted by Crippen LogP contribution is -2.40. The molecule has 0 unspecified atom stereocenters. The number of allylic oxidation sites excluding steroid dienone is 1. The minimum Gasteiger partial charge on any atom is -0.478 e. The van der Waals surface area contributed by atoms with Gasteiger partial charge in [-0.3, -0.25) is 0 Å². The molecule has 2 atom stereocenters. The normalized spacial score (nSPS) is 17.6. The maximum absolute atomic E-state index is 11.3. The van der Waals surface area contributed by atoms with Crippen LogP contribution in [0.1, 0.15) is 27.3 Å². The molecular weight excluding hydrogens is 464 g/mol. The van der Waals surface area contributed by atoms with Gasteiger partial charge in [0, 0.05) is 17.1 Å². The number of aromatic nitrogens is 1. The van der Waals surface area contributed by atoms with E-state index in [1.807, 2.05) is 54.8 Å². The molecule has 0 bridgehead atoms. The predicted octanol–water partition coefficient (Wildman–Crippen LogP) is 4.65. The van der Waals surface area contributed by atoms with Crippen LogP contribution in [0, 0.1) is 42.4 Å². The lowest BCUT2D eigenvalue weighted by Gasteiger charge is -2.21. The number of halogens is 1. The van der Waals surface area contributed by atoms with Gasteiger partial charge in [0.1, 0.15) is 18.2 Å². The van der Waals surface area contributed by atoms with Crippen LogP contribution >= 0.6 is 11.6 Å².